The van der Waals surface area contributed by atoms with Gasteiger partial charge in [0.15, 0.2) is 0 Å². The number of benzene rings is 3. The van der Waals surface area contributed by atoms with Gasteiger partial charge in [-0.25, -0.2) is 9.37 Å². The van der Waals surface area contributed by atoms with Gasteiger partial charge in [0.1, 0.15) is 11.6 Å². The van der Waals surface area contributed by atoms with Crippen molar-refractivity contribution in [2.75, 3.05) is 37.3 Å². The molecule has 1 amide bonds. The molecule has 0 spiro atoms. The van der Waals surface area contributed by atoms with Crippen LogP contribution in [0.5, 0.6) is 0 Å². The zero-order chi connectivity index (χ0) is 32.5. The van der Waals surface area contributed by atoms with E-state index < -0.39 is 17.6 Å². The number of carbonyl (C=O) groups excluding carboxylic acids is 1. The average molecular weight is 642 g/mol. The zero-order valence-electron chi connectivity index (χ0n) is 26.2. The van der Waals surface area contributed by atoms with Crippen LogP contribution in [0.1, 0.15) is 54.1 Å². The fraction of sp³-hybridized carbons (Fsp3) is 0.412. The molecule has 11 heteroatoms. The van der Waals surface area contributed by atoms with E-state index in [1.54, 1.807) is 11.9 Å². The second kappa shape index (κ2) is 13.4. The number of amides is 1. The molecule has 1 aliphatic rings. The lowest BCUT2D eigenvalue weighted by Crippen LogP contribution is -2.28. The van der Waals surface area contributed by atoms with Crippen molar-refractivity contribution < 1.29 is 22.4 Å². The summed E-state index contributed by atoms with van der Waals surface area (Å²) in [5.41, 5.74) is 4.29. The van der Waals surface area contributed by atoms with Crippen LogP contribution >= 0.6 is 11.9 Å². The van der Waals surface area contributed by atoms with Crippen molar-refractivity contribution in [3.05, 3.63) is 82.9 Å². The van der Waals surface area contributed by atoms with Crippen LogP contribution in [0.15, 0.2) is 59.5 Å². The molecule has 4 aromatic rings. The summed E-state index contributed by atoms with van der Waals surface area (Å²) >= 11 is 1.65. The fourth-order valence-corrected chi connectivity index (χ4v) is 6.95. The van der Waals surface area contributed by atoms with E-state index in [2.05, 4.69) is 76.6 Å². The molecule has 1 saturated carbocycles. The molecule has 45 heavy (non-hydrogen) atoms. The largest absolute Gasteiger partial charge is 0.416 e. The first-order chi connectivity index (χ1) is 21.3. The molecule has 5 rings (SSSR count). The number of anilines is 2. The van der Waals surface area contributed by atoms with Gasteiger partial charge >= 0.3 is 6.18 Å². The summed E-state index contributed by atoms with van der Waals surface area (Å²) in [5.74, 6) is -0.668. The summed E-state index contributed by atoms with van der Waals surface area (Å²) in [7, 11) is 8.25. The molecular formula is C34H39F4N5OS. The third kappa shape index (κ3) is 7.64. The van der Waals surface area contributed by atoms with E-state index >= 15 is 0 Å². The van der Waals surface area contributed by atoms with Crippen LogP contribution in [-0.2, 0) is 24.4 Å². The standard InChI is InChI=1S/C34H39F4N5OS/c1-21-39-31-20-28(18-24(15-16-41(2)3)32(31)42(21)4)45-43(5)27-12-9-22(10-13-27)23-7-6-8-25(17-23)33(44)40-30-14-11-26(19-29(30)35)34(36,37)38/h9-14,18-20,23,25H,6-8,15-17H2,1-5H3,(H,40,44). The second-order valence-electron chi connectivity index (χ2n) is 12.1. The van der Waals surface area contributed by atoms with Gasteiger partial charge in [-0.2, -0.15) is 13.2 Å². The number of likely N-dealkylation sites (N-methyl/N-ethyl adjacent to an activating group) is 1. The number of nitrogens with zero attached hydrogens (tertiary/aromatic N) is 4. The van der Waals surface area contributed by atoms with E-state index in [0.717, 1.165) is 65.4 Å². The Bertz CT molecular complexity index is 1670. The molecule has 1 aromatic heterocycles. The molecule has 0 aliphatic heterocycles. The lowest BCUT2D eigenvalue weighted by molar-refractivity contribution is -0.137. The van der Waals surface area contributed by atoms with Gasteiger partial charge in [-0.1, -0.05) is 18.6 Å². The molecule has 1 fully saturated rings. The van der Waals surface area contributed by atoms with E-state index in [1.165, 1.54) is 11.1 Å². The van der Waals surface area contributed by atoms with Crippen molar-refractivity contribution in [3.8, 4) is 0 Å². The van der Waals surface area contributed by atoms with Gasteiger partial charge in [0.25, 0.3) is 0 Å². The highest BCUT2D eigenvalue weighted by Crippen LogP contribution is 2.39. The van der Waals surface area contributed by atoms with Crippen molar-refractivity contribution >= 4 is 40.3 Å². The predicted octanol–water partition coefficient (Wildman–Crippen LogP) is 8.20. The summed E-state index contributed by atoms with van der Waals surface area (Å²) in [4.78, 5) is 21.1. The third-order valence-corrected chi connectivity index (χ3v) is 9.57. The SMILES string of the molecule is Cc1nc2cc(SN(C)c3ccc(C4CCCC(C(=O)Nc5ccc(C(F)(F)F)cc5F)C4)cc3)cc(CCN(C)C)c2n1C. The van der Waals surface area contributed by atoms with Gasteiger partial charge in [-0.05, 0) is 118 Å². The Morgan fingerprint density at radius 2 is 1.80 bits per heavy atom. The number of imidazole rings is 1. The molecule has 1 heterocycles. The topological polar surface area (TPSA) is 53.4 Å². The number of rotatable bonds is 9. The number of hydrogen-bond donors (Lipinski definition) is 1. The van der Waals surface area contributed by atoms with Gasteiger partial charge in [0.2, 0.25) is 5.91 Å². The lowest BCUT2D eigenvalue weighted by Gasteiger charge is -2.29. The van der Waals surface area contributed by atoms with Crippen molar-refractivity contribution in [1.82, 2.24) is 14.5 Å². The van der Waals surface area contributed by atoms with E-state index in [-0.39, 0.29) is 23.4 Å². The number of halogens is 4. The van der Waals surface area contributed by atoms with Gasteiger partial charge in [-0.15, -0.1) is 0 Å². The predicted molar refractivity (Wildman–Crippen MR) is 173 cm³/mol. The van der Waals surface area contributed by atoms with Gasteiger partial charge in [0, 0.05) is 37.1 Å². The first kappa shape index (κ1) is 32.8. The number of hydrogen-bond acceptors (Lipinski definition) is 5. The lowest BCUT2D eigenvalue weighted by atomic mass is 9.77. The van der Waals surface area contributed by atoms with E-state index in [4.69, 9.17) is 4.98 Å². The van der Waals surface area contributed by atoms with E-state index in [0.29, 0.717) is 18.9 Å². The molecule has 1 aliphatic carbocycles. The van der Waals surface area contributed by atoms with Crippen LogP contribution in [0.4, 0.5) is 28.9 Å². The highest BCUT2D eigenvalue weighted by atomic mass is 32.2. The Kier molecular flexibility index (Phi) is 9.79. The summed E-state index contributed by atoms with van der Waals surface area (Å²) in [6, 6.07) is 14.9. The first-order valence-corrected chi connectivity index (χ1v) is 15.9. The maximum atomic E-state index is 14.3. The first-order valence-electron chi connectivity index (χ1n) is 15.1. The Hall–Kier alpha value is -3.57. The summed E-state index contributed by atoms with van der Waals surface area (Å²) in [6.07, 6.45) is -0.709. The third-order valence-electron chi connectivity index (χ3n) is 8.64. The molecular weight excluding hydrogens is 602 g/mol. The smallest absolute Gasteiger partial charge is 0.331 e. The van der Waals surface area contributed by atoms with Crippen LogP contribution in [0.3, 0.4) is 0 Å². The van der Waals surface area contributed by atoms with Crippen LogP contribution in [0, 0.1) is 18.7 Å². The van der Waals surface area contributed by atoms with Crippen LogP contribution in [-0.4, -0.2) is 48.0 Å². The number of carbonyl (C=O) groups is 1. The van der Waals surface area contributed by atoms with Gasteiger partial charge in [-0.3, -0.25) is 4.79 Å². The van der Waals surface area contributed by atoms with Crippen molar-refractivity contribution in [2.45, 2.75) is 56.0 Å². The molecule has 2 atom stereocenters. The minimum atomic E-state index is -4.65. The summed E-state index contributed by atoms with van der Waals surface area (Å²) in [6.45, 7) is 2.97. The maximum Gasteiger partial charge on any atom is 0.416 e. The van der Waals surface area contributed by atoms with Crippen LogP contribution in [0.25, 0.3) is 11.0 Å². The average Bonchev–Trinajstić information content (AvgIpc) is 3.29. The number of aromatic nitrogens is 2. The van der Waals surface area contributed by atoms with Crippen molar-refractivity contribution in [3.63, 3.8) is 0 Å². The van der Waals surface area contributed by atoms with Crippen molar-refractivity contribution in [1.29, 1.82) is 0 Å². The highest BCUT2D eigenvalue weighted by molar-refractivity contribution is 8.00. The molecule has 1 N–H and O–H groups in total. The normalized spacial score (nSPS) is 17.2. The fourth-order valence-electron chi connectivity index (χ4n) is 6.05. The van der Waals surface area contributed by atoms with Crippen LogP contribution < -0.4 is 9.62 Å². The molecule has 0 bridgehead atoms. The number of nitrogens with one attached hydrogen (secondary N) is 1. The van der Waals surface area contributed by atoms with Crippen molar-refractivity contribution in [2.24, 2.45) is 13.0 Å². The maximum absolute atomic E-state index is 14.3. The zero-order valence-corrected chi connectivity index (χ0v) is 27.0. The minimum absolute atomic E-state index is 0.160. The van der Waals surface area contributed by atoms with E-state index in [9.17, 15) is 22.4 Å². The molecule has 2 unspecified atom stereocenters. The number of aryl methyl sites for hydroxylation is 2. The Morgan fingerprint density at radius 3 is 2.47 bits per heavy atom. The monoisotopic (exact) mass is 641 g/mol. The van der Waals surface area contributed by atoms with E-state index in [1.807, 2.05) is 14.0 Å². The summed E-state index contributed by atoms with van der Waals surface area (Å²) in [5, 5.41) is 2.51. The minimum Gasteiger partial charge on any atom is -0.331 e. The molecule has 0 radical (unpaired) electrons. The summed E-state index contributed by atoms with van der Waals surface area (Å²) < 4.78 is 57.3. The molecule has 6 nitrogen and oxygen atoms in total. The van der Waals surface area contributed by atoms with Gasteiger partial charge < -0.3 is 19.1 Å². The van der Waals surface area contributed by atoms with Gasteiger partial charge in [0.05, 0.1) is 22.3 Å². The Labute approximate surface area is 265 Å². The Morgan fingerprint density at radius 1 is 1.07 bits per heavy atom. The molecule has 3 aromatic carbocycles. The quantitative estimate of drug-likeness (QED) is 0.148. The Balaban J connectivity index is 1.24. The highest BCUT2D eigenvalue weighted by Gasteiger charge is 2.32. The molecule has 240 valence electrons. The number of alkyl halides is 3. The second-order valence-corrected chi connectivity index (χ2v) is 13.3. The van der Waals surface area contributed by atoms with Crippen LogP contribution in [0.2, 0.25) is 0 Å². The molecule has 0 saturated heterocycles. The number of fused-ring (bicyclic) bond motifs is 1.